The highest BCUT2D eigenvalue weighted by molar-refractivity contribution is 7.92. The summed E-state index contributed by atoms with van der Waals surface area (Å²) in [5.41, 5.74) is 0. The molecule has 0 spiro atoms. The highest BCUT2D eigenvalue weighted by atomic mass is 32.2. The smallest absolute Gasteiger partial charge is 0.153 e. The van der Waals surface area contributed by atoms with Crippen molar-refractivity contribution in [3.05, 3.63) is 0 Å². The molecule has 0 bridgehead atoms. The van der Waals surface area contributed by atoms with Crippen LogP contribution in [0.5, 0.6) is 0 Å². The van der Waals surface area contributed by atoms with Crippen LogP contribution in [0.25, 0.3) is 0 Å². The maximum Gasteiger partial charge on any atom is 0.153 e. The summed E-state index contributed by atoms with van der Waals surface area (Å²) in [4.78, 5) is 0. The lowest BCUT2D eigenvalue weighted by molar-refractivity contribution is 0.121. The molecule has 2 aliphatic heterocycles. The fourth-order valence-electron chi connectivity index (χ4n) is 1.67. The third-order valence-corrected chi connectivity index (χ3v) is 4.23. The molecule has 0 aromatic heterocycles. The summed E-state index contributed by atoms with van der Waals surface area (Å²) in [7, 11) is -2.77. The van der Waals surface area contributed by atoms with Crippen LogP contribution in [-0.4, -0.2) is 56.4 Å². The minimum Gasteiger partial charge on any atom is -0.389 e. The summed E-state index contributed by atoms with van der Waals surface area (Å²) < 4.78 is 26.7. The normalized spacial score (nSPS) is 38.8. The Morgan fingerprint density at radius 1 is 1.31 bits per heavy atom. The fourth-order valence-corrected chi connectivity index (χ4v) is 2.99. The number of nitrogens with one attached hydrogen (secondary N) is 1. The fraction of sp³-hybridized carbons (Fsp3) is 1.00. The maximum absolute atomic E-state index is 10.8. The molecule has 2 unspecified atom stereocenters. The molecule has 2 heterocycles. The van der Waals surface area contributed by atoms with Gasteiger partial charge in [0, 0.05) is 6.04 Å². The van der Waals surface area contributed by atoms with E-state index in [0.717, 1.165) is 0 Å². The first-order valence-corrected chi connectivity index (χ1v) is 6.11. The van der Waals surface area contributed by atoms with E-state index in [4.69, 9.17) is 4.74 Å². The van der Waals surface area contributed by atoms with Gasteiger partial charge in [-0.15, -0.1) is 0 Å². The molecule has 2 atom stereocenters. The Hall–Kier alpha value is -0.170. The van der Waals surface area contributed by atoms with Crippen LogP contribution < -0.4 is 5.32 Å². The van der Waals surface area contributed by atoms with Crippen LogP contribution in [0.1, 0.15) is 0 Å². The Kier molecular flexibility index (Phi) is 2.31. The van der Waals surface area contributed by atoms with Gasteiger partial charge in [0.05, 0.1) is 36.9 Å². The largest absolute Gasteiger partial charge is 0.389 e. The van der Waals surface area contributed by atoms with Crippen molar-refractivity contribution in [3.8, 4) is 0 Å². The Balaban J connectivity index is 1.80. The van der Waals surface area contributed by atoms with Gasteiger partial charge in [0.15, 0.2) is 9.84 Å². The van der Waals surface area contributed by atoms with Crippen molar-refractivity contribution in [3.63, 3.8) is 0 Å². The van der Waals surface area contributed by atoms with Gasteiger partial charge in [-0.2, -0.15) is 0 Å². The van der Waals surface area contributed by atoms with E-state index in [9.17, 15) is 13.5 Å². The van der Waals surface area contributed by atoms with E-state index >= 15 is 0 Å². The van der Waals surface area contributed by atoms with Crippen LogP contribution in [0.2, 0.25) is 0 Å². The Labute approximate surface area is 77.0 Å². The molecule has 2 aliphatic rings. The topological polar surface area (TPSA) is 75.6 Å². The van der Waals surface area contributed by atoms with E-state index in [1.165, 1.54) is 0 Å². The minimum atomic E-state index is -2.77. The molecule has 5 nitrogen and oxygen atoms in total. The standard InChI is InChI=1S/C7H13NO4S/c9-7-2-12-1-6(7)8-5-3-13(10,11)4-5/h5-9H,1-4H2. The molecular weight excluding hydrogens is 194 g/mol. The van der Waals surface area contributed by atoms with E-state index in [1.54, 1.807) is 0 Å². The molecule has 2 N–H and O–H groups in total. The Morgan fingerprint density at radius 2 is 2.00 bits per heavy atom. The molecular formula is C7H13NO4S. The average Bonchev–Trinajstić information content (AvgIpc) is 2.33. The van der Waals surface area contributed by atoms with E-state index in [2.05, 4.69) is 5.32 Å². The SMILES string of the molecule is O=S1(=O)CC(NC2COCC2O)C1. The number of sulfone groups is 1. The number of aliphatic hydroxyl groups is 1. The summed E-state index contributed by atoms with van der Waals surface area (Å²) in [6.45, 7) is 0.814. The summed E-state index contributed by atoms with van der Waals surface area (Å²) >= 11 is 0. The van der Waals surface area contributed by atoms with Gasteiger partial charge < -0.3 is 15.2 Å². The lowest BCUT2D eigenvalue weighted by atomic mass is 10.2. The number of hydrogen-bond donors (Lipinski definition) is 2. The van der Waals surface area contributed by atoms with Crippen molar-refractivity contribution < 1.29 is 18.3 Å². The summed E-state index contributed by atoms with van der Waals surface area (Å²) in [5, 5.41) is 12.4. The van der Waals surface area contributed by atoms with Gasteiger partial charge in [0.25, 0.3) is 0 Å². The van der Waals surface area contributed by atoms with Crippen molar-refractivity contribution in [1.29, 1.82) is 0 Å². The van der Waals surface area contributed by atoms with Gasteiger partial charge in [-0.05, 0) is 0 Å². The first kappa shape index (κ1) is 9.39. The zero-order valence-corrected chi connectivity index (χ0v) is 7.96. The third-order valence-electron chi connectivity index (χ3n) is 2.41. The maximum atomic E-state index is 10.8. The first-order chi connectivity index (χ1) is 6.07. The quantitative estimate of drug-likeness (QED) is 0.555. The van der Waals surface area contributed by atoms with Crippen LogP contribution in [-0.2, 0) is 14.6 Å². The summed E-state index contributed by atoms with van der Waals surface area (Å²) in [5.74, 6) is 0.381. The lowest BCUT2D eigenvalue weighted by Crippen LogP contribution is -2.56. The van der Waals surface area contributed by atoms with Gasteiger partial charge >= 0.3 is 0 Å². The molecule has 2 saturated heterocycles. The van der Waals surface area contributed by atoms with Crippen LogP contribution in [0, 0.1) is 0 Å². The average molecular weight is 207 g/mol. The van der Waals surface area contributed by atoms with Crippen molar-refractivity contribution in [2.75, 3.05) is 24.7 Å². The molecule has 0 aromatic rings. The number of hydrogen-bond acceptors (Lipinski definition) is 5. The zero-order valence-electron chi connectivity index (χ0n) is 7.14. The molecule has 2 fully saturated rings. The summed E-state index contributed by atoms with van der Waals surface area (Å²) in [6.07, 6.45) is -0.497. The molecule has 76 valence electrons. The van der Waals surface area contributed by atoms with Crippen molar-refractivity contribution >= 4 is 9.84 Å². The Morgan fingerprint density at radius 3 is 2.46 bits per heavy atom. The lowest BCUT2D eigenvalue weighted by Gasteiger charge is -2.30. The molecule has 0 radical (unpaired) electrons. The van der Waals surface area contributed by atoms with Gasteiger partial charge in [-0.25, -0.2) is 8.42 Å². The van der Waals surface area contributed by atoms with Crippen LogP contribution in [0.4, 0.5) is 0 Å². The second kappa shape index (κ2) is 3.20. The van der Waals surface area contributed by atoms with Crippen LogP contribution >= 0.6 is 0 Å². The second-order valence-corrected chi connectivity index (χ2v) is 5.81. The van der Waals surface area contributed by atoms with E-state index in [0.29, 0.717) is 13.2 Å². The third kappa shape index (κ3) is 2.01. The predicted molar refractivity (Wildman–Crippen MR) is 46.2 cm³/mol. The molecule has 0 aromatic carbocycles. The molecule has 13 heavy (non-hydrogen) atoms. The van der Waals surface area contributed by atoms with Crippen molar-refractivity contribution in [1.82, 2.24) is 5.32 Å². The minimum absolute atomic E-state index is 0.00588. The van der Waals surface area contributed by atoms with Crippen molar-refractivity contribution in [2.45, 2.75) is 18.2 Å². The predicted octanol–water partition coefficient (Wildman–Crippen LogP) is -1.87. The number of aliphatic hydroxyl groups excluding tert-OH is 1. The van der Waals surface area contributed by atoms with Crippen LogP contribution in [0.3, 0.4) is 0 Å². The van der Waals surface area contributed by atoms with Gasteiger partial charge in [0.2, 0.25) is 0 Å². The number of rotatable bonds is 2. The molecule has 6 heteroatoms. The molecule has 2 rings (SSSR count). The highest BCUT2D eigenvalue weighted by Crippen LogP contribution is 2.14. The van der Waals surface area contributed by atoms with Crippen LogP contribution in [0.15, 0.2) is 0 Å². The molecule has 0 aliphatic carbocycles. The first-order valence-electron chi connectivity index (χ1n) is 4.29. The number of ether oxygens (including phenoxy) is 1. The molecule has 0 saturated carbocycles. The van der Waals surface area contributed by atoms with Gasteiger partial charge in [-0.3, -0.25) is 0 Å². The van der Waals surface area contributed by atoms with Gasteiger partial charge in [0.1, 0.15) is 0 Å². The second-order valence-electron chi connectivity index (χ2n) is 3.65. The van der Waals surface area contributed by atoms with E-state index < -0.39 is 15.9 Å². The highest BCUT2D eigenvalue weighted by Gasteiger charge is 2.37. The molecule has 0 amide bonds. The zero-order chi connectivity index (χ0) is 9.47. The van der Waals surface area contributed by atoms with E-state index in [-0.39, 0.29) is 23.6 Å². The summed E-state index contributed by atoms with van der Waals surface area (Å²) in [6, 6.07) is -0.0909. The monoisotopic (exact) mass is 207 g/mol. The van der Waals surface area contributed by atoms with E-state index in [1.807, 2.05) is 0 Å². The van der Waals surface area contributed by atoms with Crippen molar-refractivity contribution in [2.24, 2.45) is 0 Å². The van der Waals surface area contributed by atoms with Gasteiger partial charge in [-0.1, -0.05) is 0 Å². The Bertz CT molecular complexity index is 277.